The van der Waals surface area contributed by atoms with Gasteiger partial charge in [-0.1, -0.05) is 86.0 Å². The van der Waals surface area contributed by atoms with Crippen molar-refractivity contribution < 1.29 is 22.7 Å². The Morgan fingerprint density at radius 3 is 2.40 bits per heavy atom. The molecule has 1 saturated carbocycles. The molecule has 0 spiro atoms. The van der Waals surface area contributed by atoms with E-state index in [2.05, 4.69) is 10.3 Å². The van der Waals surface area contributed by atoms with Gasteiger partial charge in [0.15, 0.2) is 0 Å². The first-order chi connectivity index (χ1) is 23.1. The van der Waals surface area contributed by atoms with Crippen LogP contribution in [0.2, 0.25) is 0 Å². The average Bonchev–Trinajstić information content (AvgIpc) is 3.09. The maximum atomic E-state index is 13.8. The molecule has 10 nitrogen and oxygen atoms in total. The third kappa shape index (κ3) is 9.36. The number of nitrogens with one attached hydrogen (secondary N) is 2. The Hall–Kier alpha value is -4.87. The highest BCUT2D eigenvalue weighted by atomic mass is 32.2. The molecular weight excluding hydrogens is 627 g/mol. The molecule has 48 heavy (non-hydrogen) atoms. The number of sulfonamides is 1. The van der Waals surface area contributed by atoms with Crippen LogP contribution in [0.25, 0.3) is 11.1 Å². The maximum Gasteiger partial charge on any atom is 0.413 e. The van der Waals surface area contributed by atoms with Crippen molar-refractivity contribution in [3.05, 3.63) is 120 Å². The van der Waals surface area contributed by atoms with Gasteiger partial charge in [0.1, 0.15) is 11.9 Å². The van der Waals surface area contributed by atoms with E-state index in [4.69, 9.17) is 15.3 Å². The number of nitrogens with two attached hydrogens (primary N) is 1. The van der Waals surface area contributed by atoms with E-state index in [-0.39, 0.29) is 23.1 Å². The third-order valence-corrected chi connectivity index (χ3v) is 9.54. The van der Waals surface area contributed by atoms with E-state index in [9.17, 15) is 18.0 Å². The number of nitrogens with zero attached hydrogens (tertiary/aromatic N) is 2. The molecule has 0 radical (unpaired) electrons. The van der Waals surface area contributed by atoms with Crippen LogP contribution in [0.3, 0.4) is 0 Å². The van der Waals surface area contributed by atoms with E-state index in [0.29, 0.717) is 41.4 Å². The van der Waals surface area contributed by atoms with Crippen LogP contribution in [0.5, 0.6) is 0 Å². The van der Waals surface area contributed by atoms with Gasteiger partial charge in [-0.25, -0.2) is 18.4 Å². The summed E-state index contributed by atoms with van der Waals surface area (Å²) in [6, 6.07) is 26.5. The minimum absolute atomic E-state index is 0.0241. The lowest BCUT2D eigenvalue weighted by atomic mass is 9.88. The fraction of sp³-hybridized carbons (Fsp3) is 0.297. The van der Waals surface area contributed by atoms with Gasteiger partial charge in [-0.05, 0) is 66.6 Å². The molecule has 1 aromatic heterocycles. The second kappa shape index (κ2) is 15.8. The van der Waals surface area contributed by atoms with Crippen LogP contribution >= 0.6 is 0 Å². The first kappa shape index (κ1) is 34.5. The molecule has 5 rings (SSSR count). The number of carbonyl (C=O) groups excluding carboxylic acids is 2. The van der Waals surface area contributed by atoms with Crippen LogP contribution in [0.4, 0.5) is 4.79 Å². The first-order valence-corrected chi connectivity index (χ1v) is 17.7. The predicted molar refractivity (Wildman–Crippen MR) is 184 cm³/mol. The minimum atomic E-state index is -3.90. The van der Waals surface area contributed by atoms with Crippen molar-refractivity contribution in [2.75, 3.05) is 6.54 Å². The van der Waals surface area contributed by atoms with Crippen molar-refractivity contribution in [1.82, 2.24) is 15.2 Å². The summed E-state index contributed by atoms with van der Waals surface area (Å²) in [4.78, 5) is 32.5. The number of amides is 2. The summed E-state index contributed by atoms with van der Waals surface area (Å²) >= 11 is 0. The van der Waals surface area contributed by atoms with Crippen molar-refractivity contribution in [3.63, 3.8) is 0 Å². The number of ether oxygens (including phenoxy) is 1. The van der Waals surface area contributed by atoms with Gasteiger partial charge < -0.3 is 9.64 Å². The molecule has 4 N–H and O–H groups in total. The zero-order valence-corrected chi connectivity index (χ0v) is 27.8. The van der Waals surface area contributed by atoms with E-state index in [1.165, 1.54) is 12.5 Å². The molecule has 1 atom stereocenters. The van der Waals surface area contributed by atoms with E-state index in [1.807, 2.05) is 53.4 Å². The standard InChI is InChI=1S/C37H41N5O5S/c1-26(33-15-7-8-21-40-33)47-37(44)41-36(38)31-13-9-12-29(22-31)25-42(24-28-10-3-2-4-11-28)35(43)23-27-17-19-30(20-18-27)32-14-5-6-16-34(32)48(39,45)46/h5-9,12-22,26,28H,2-4,10-11,23-25H2,1H3,(H2,38,41,44)(H2,39,45,46). The van der Waals surface area contributed by atoms with Gasteiger partial charge in [0.05, 0.1) is 17.0 Å². The lowest BCUT2D eigenvalue weighted by molar-refractivity contribution is -0.132. The van der Waals surface area contributed by atoms with Crippen LogP contribution < -0.4 is 10.5 Å². The Bertz CT molecular complexity index is 1840. The molecule has 1 unspecified atom stereocenters. The number of aromatic nitrogens is 1. The number of hydrogen-bond acceptors (Lipinski definition) is 7. The van der Waals surface area contributed by atoms with Gasteiger partial charge in [0.2, 0.25) is 15.9 Å². The largest absolute Gasteiger partial charge is 0.440 e. The van der Waals surface area contributed by atoms with Gasteiger partial charge in [0.25, 0.3) is 0 Å². The average molecular weight is 668 g/mol. The SMILES string of the molecule is CC(OC(=O)NC(=N)c1cccc(CN(CC2CCCCC2)C(=O)Cc2ccc(-c3ccccc3S(N)(=O)=O)cc2)c1)c1ccccn1. The second-order valence-electron chi connectivity index (χ2n) is 12.2. The van der Waals surface area contributed by atoms with Crippen molar-refractivity contribution in [1.29, 1.82) is 5.41 Å². The van der Waals surface area contributed by atoms with Crippen molar-refractivity contribution in [2.24, 2.45) is 11.1 Å². The molecule has 4 aromatic rings. The van der Waals surface area contributed by atoms with Gasteiger partial charge in [-0.15, -0.1) is 0 Å². The number of amidine groups is 1. The zero-order chi connectivity index (χ0) is 34.1. The summed E-state index contributed by atoms with van der Waals surface area (Å²) in [5.74, 6) is 0.284. The number of hydrogen-bond donors (Lipinski definition) is 3. The summed E-state index contributed by atoms with van der Waals surface area (Å²) in [6.07, 6.45) is 6.15. The van der Waals surface area contributed by atoms with E-state index in [1.54, 1.807) is 49.5 Å². The lowest BCUT2D eigenvalue weighted by Crippen LogP contribution is -2.36. The normalized spacial score (nSPS) is 14.1. The molecule has 0 saturated heterocycles. The first-order valence-electron chi connectivity index (χ1n) is 16.1. The summed E-state index contributed by atoms with van der Waals surface area (Å²) in [6.45, 7) is 2.71. The Morgan fingerprint density at radius 2 is 1.69 bits per heavy atom. The van der Waals surface area contributed by atoms with Crippen LogP contribution in [-0.4, -0.2) is 42.7 Å². The van der Waals surface area contributed by atoms with Gasteiger partial charge in [-0.3, -0.25) is 20.5 Å². The third-order valence-electron chi connectivity index (χ3n) is 8.57. The van der Waals surface area contributed by atoms with Gasteiger partial charge in [-0.2, -0.15) is 0 Å². The summed E-state index contributed by atoms with van der Waals surface area (Å²) in [5.41, 5.74) is 3.95. The summed E-state index contributed by atoms with van der Waals surface area (Å²) in [7, 11) is -3.90. The number of primary sulfonamides is 1. The molecule has 1 aliphatic carbocycles. The van der Waals surface area contributed by atoms with Crippen LogP contribution in [0.1, 0.15) is 67.5 Å². The Morgan fingerprint density at radius 1 is 0.958 bits per heavy atom. The molecule has 1 fully saturated rings. The fourth-order valence-corrected chi connectivity index (χ4v) is 6.83. The zero-order valence-electron chi connectivity index (χ0n) is 27.0. The van der Waals surface area contributed by atoms with Gasteiger partial charge in [0, 0.05) is 30.4 Å². The Labute approximate surface area is 281 Å². The summed E-state index contributed by atoms with van der Waals surface area (Å²) in [5, 5.41) is 16.4. The van der Waals surface area contributed by atoms with Crippen LogP contribution in [0.15, 0.2) is 102 Å². The Balaban J connectivity index is 1.27. The van der Waals surface area contributed by atoms with Crippen molar-refractivity contribution in [2.45, 2.75) is 63.0 Å². The molecule has 3 aromatic carbocycles. The highest BCUT2D eigenvalue weighted by molar-refractivity contribution is 7.89. The molecule has 0 aliphatic heterocycles. The van der Waals surface area contributed by atoms with E-state index < -0.39 is 22.2 Å². The van der Waals surface area contributed by atoms with Crippen LogP contribution in [-0.2, 0) is 32.5 Å². The lowest BCUT2D eigenvalue weighted by Gasteiger charge is -2.30. The monoisotopic (exact) mass is 667 g/mol. The van der Waals surface area contributed by atoms with Crippen molar-refractivity contribution >= 4 is 27.9 Å². The Kier molecular flexibility index (Phi) is 11.4. The highest BCUT2D eigenvalue weighted by Gasteiger charge is 2.23. The summed E-state index contributed by atoms with van der Waals surface area (Å²) < 4.78 is 29.6. The van der Waals surface area contributed by atoms with E-state index >= 15 is 0 Å². The van der Waals surface area contributed by atoms with Gasteiger partial charge >= 0.3 is 6.09 Å². The number of benzene rings is 3. The molecule has 1 aliphatic rings. The number of alkyl carbamates (subject to hydrolysis) is 1. The molecular formula is C37H41N5O5S. The number of rotatable bonds is 11. The van der Waals surface area contributed by atoms with Crippen LogP contribution in [0, 0.1) is 11.3 Å². The second-order valence-corrected chi connectivity index (χ2v) is 13.7. The fourth-order valence-electron chi connectivity index (χ4n) is 6.06. The topological polar surface area (TPSA) is 156 Å². The number of pyridine rings is 1. The molecule has 2 amide bonds. The minimum Gasteiger partial charge on any atom is -0.440 e. The maximum absolute atomic E-state index is 13.8. The molecule has 0 bridgehead atoms. The number of carbonyl (C=O) groups is 2. The molecule has 11 heteroatoms. The molecule has 250 valence electrons. The predicted octanol–water partition coefficient (Wildman–Crippen LogP) is 6.36. The smallest absolute Gasteiger partial charge is 0.413 e. The van der Waals surface area contributed by atoms with Crippen molar-refractivity contribution in [3.8, 4) is 11.1 Å². The highest BCUT2D eigenvalue weighted by Crippen LogP contribution is 2.28. The quantitative estimate of drug-likeness (QED) is 0.125. The van der Waals surface area contributed by atoms with E-state index in [0.717, 1.165) is 36.8 Å². The molecule has 1 heterocycles.